The fourth-order valence-electron chi connectivity index (χ4n) is 0.856. The summed E-state index contributed by atoms with van der Waals surface area (Å²) in [5.41, 5.74) is 3.28. The van der Waals surface area contributed by atoms with Gasteiger partial charge in [-0.15, -0.1) is 11.6 Å². The summed E-state index contributed by atoms with van der Waals surface area (Å²) < 4.78 is 0. The molecule has 1 aromatic rings. The molecule has 1 aromatic heterocycles. The first-order valence-corrected chi connectivity index (χ1v) is 4.41. The number of aromatic nitrogens is 1. The van der Waals surface area contributed by atoms with Crippen LogP contribution < -0.4 is 0 Å². The van der Waals surface area contributed by atoms with E-state index in [1.807, 2.05) is 38.3 Å². The average Bonchev–Trinajstić information content (AvgIpc) is 2.09. The molecule has 0 aliphatic heterocycles. The van der Waals surface area contributed by atoms with Crippen molar-refractivity contribution in [2.24, 2.45) is 0 Å². The van der Waals surface area contributed by atoms with E-state index in [4.69, 9.17) is 11.6 Å². The van der Waals surface area contributed by atoms with Gasteiger partial charge < -0.3 is 0 Å². The molecule has 0 saturated heterocycles. The van der Waals surface area contributed by atoms with Gasteiger partial charge in [-0.2, -0.15) is 0 Å². The number of hydrogen-bond donors (Lipinski definition) is 0. The molecule has 12 heavy (non-hydrogen) atoms. The van der Waals surface area contributed by atoms with Gasteiger partial charge in [0.2, 0.25) is 0 Å². The van der Waals surface area contributed by atoms with Crippen LogP contribution in [-0.4, -0.2) is 10.9 Å². The van der Waals surface area contributed by atoms with E-state index in [2.05, 4.69) is 4.98 Å². The summed E-state index contributed by atoms with van der Waals surface area (Å²) in [5, 5.41) is 0. The highest BCUT2D eigenvalue weighted by Crippen LogP contribution is 2.05. The number of alkyl halides is 1. The molecule has 0 fully saturated rings. The topological polar surface area (TPSA) is 12.9 Å². The van der Waals surface area contributed by atoms with E-state index in [1.54, 1.807) is 0 Å². The number of nitrogens with zero attached hydrogens (tertiary/aromatic N) is 1. The van der Waals surface area contributed by atoms with Crippen molar-refractivity contribution in [3.05, 3.63) is 35.2 Å². The van der Waals surface area contributed by atoms with E-state index >= 15 is 0 Å². The minimum Gasteiger partial charge on any atom is -0.257 e. The van der Waals surface area contributed by atoms with Crippen LogP contribution in [0.15, 0.2) is 23.9 Å². The van der Waals surface area contributed by atoms with Crippen molar-refractivity contribution in [3.63, 3.8) is 0 Å². The van der Waals surface area contributed by atoms with Crippen molar-refractivity contribution < 1.29 is 0 Å². The molecule has 0 aromatic carbocycles. The molecule has 1 heterocycles. The molecule has 0 spiro atoms. The van der Waals surface area contributed by atoms with Crippen LogP contribution in [0.25, 0.3) is 6.08 Å². The Morgan fingerprint density at radius 1 is 1.58 bits per heavy atom. The van der Waals surface area contributed by atoms with E-state index in [1.165, 1.54) is 5.56 Å². The van der Waals surface area contributed by atoms with Crippen LogP contribution in [0.3, 0.4) is 0 Å². The first kappa shape index (κ1) is 9.27. The Labute approximate surface area is 78.1 Å². The lowest BCUT2D eigenvalue weighted by Crippen LogP contribution is -1.83. The standard InChI is InChI=1S/C10H12ClN/c1-8-3-4-10(12-7-8)5-9(2)6-11/h3-5,7H,6H2,1-2H3/b9-5-. The second-order valence-electron chi connectivity index (χ2n) is 2.88. The van der Waals surface area contributed by atoms with Crippen LogP contribution in [0.5, 0.6) is 0 Å². The van der Waals surface area contributed by atoms with Crippen LogP contribution in [-0.2, 0) is 0 Å². The Bertz CT molecular complexity index is 274. The summed E-state index contributed by atoms with van der Waals surface area (Å²) in [6.07, 6.45) is 3.85. The van der Waals surface area contributed by atoms with Crippen LogP contribution >= 0.6 is 11.6 Å². The van der Waals surface area contributed by atoms with Gasteiger partial charge in [-0.25, -0.2) is 0 Å². The molecule has 0 bridgehead atoms. The minimum atomic E-state index is 0.565. The van der Waals surface area contributed by atoms with Gasteiger partial charge in [0.25, 0.3) is 0 Å². The number of halogens is 1. The quantitative estimate of drug-likeness (QED) is 0.640. The molecule has 0 N–H and O–H groups in total. The Balaban J connectivity index is 2.84. The van der Waals surface area contributed by atoms with E-state index < -0.39 is 0 Å². The summed E-state index contributed by atoms with van der Waals surface area (Å²) in [7, 11) is 0. The Morgan fingerprint density at radius 3 is 2.83 bits per heavy atom. The Kier molecular flexibility index (Phi) is 3.30. The zero-order valence-corrected chi connectivity index (χ0v) is 8.10. The predicted octanol–water partition coefficient (Wildman–Crippen LogP) is 3.03. The molecule has 1 nitrogen and oxygen atoms in total. The predicted molar refractivity (Wildman–Crippen MR) is 53.3 cm³/mol. The zero-order chi connectivity index (χ0) is 8.97. The Morgan fingerprint density at radius 2 is 2.33 bits per heavy atom. The molecular weight excluding hydrogens is 170 g/mol. The largest absolute Gasteiger partial charge is 0.257 e. The third-order valence-electron chi connectivity index (χ3n) is 1.54. The minimum absolute atomic E-state index is 0.565. The van der Waals surface area contributed by atoms with Crippen LogP contribution in [0.2, 0.25) is 0 Å². The summed E-state index contributed by atoms with van der Waals surface area (Å²) in [5.74, 6) is 0.565. The lowest BCUT2D eigenvalue weighted by atomic mass is 10.2. The summed E-state index contributed by atoms with van der Waals surface area (Å²) in [4.78, 5) is 4.23. The van der Waals surface area contributed by atoms with E-state index in [9.17, 15) is 0 Å². The molecule has 1 rings (SSSR count). The molecule has 0 unspecified atom stereocenters. The molecule has 0 amide bonds. The monoisotopic (exact) mass is 181 g/mol. The van der Waals surface area contributed by atoms with Crippen molar-refractivity contribution in [3.8, 4) is 0 Å². The summed E-state index contributed by atoms with van der Waals surface area (Å²) in [6.45, 7) is 4.02. The third kappa shape index (κ3) is 2.67. The molecule has 0 radical (unpaired) electrons. The van der Waals surface area contributed by atoms with Gasteiger partial charge in [-0.1, -0.05) is 11.6 Å². The lowest BCUT2D eigenvalue weighted by Gasteiger charge is -1.95. The Hall–Kier alpha value is -0.820. The molecule has 0 saturated carbocycles. The van der Waals surface area contributed by atoms with Gasteiger partial charge in [0, 0.05) is 12.1 Å². The molecular formula is C10H12ClN. The highest BCUT2D eigenvalue weighted by molar-refractivity contribution is 6.19. The van der Waals surface area contributed by atoms with E-state index in [-0.39, 0.29) is 0 Å². The average molecular weight is 182 g/mol. The summed E-state index contributed by atoms with van der Waals surface area (Å²) >= 11 is 5.64. The molecule has 0 aliphatic carbocycles. The zero-order valence-electron chi connectivity index (χ0n) is 7.34. The fraction of sp³-hybridized carbons (Fsp3) is 0.300. The highest BCUT2D eigenvalue weighted by Gasteiger charge is 1.90. The summed E-state index contributed by atoms with van der Waals surface area (Å²) in [6, 6.07) is 4.03. The molecule has 64 valence electrons. The number of hydrogen-bond acceptors (Lipinski definition) is 1. The smallest absolute Gasteiger partial charge is 0.0629 e. The maximum absolute atomic E-state index is 5.64. The van der Waals surface area contributed by atoms with E-state index in [0.717, 1.165) is 11.3 Å². The van der Waals surface area contributed by atoms with Crippen molar-refractivity contribution >= 4 is 17.7 Å². The maximum atomic E-state index is 5.64. The second kappa shape index (κ2) is 4.27. The number of pyridine rings is 1. The SMILES string of the molecule is C/C(=C/c1ccc(C)cn1)CCl. The van der Waals surface area contributed by atoms with Gasteiger partial charge in [0.15, 0.2) is 0 Å². The lowest BCUT2D eigenvalue weighted by molar-refractivity contribution is 1.24. The van der Waals surface area contributed by atoms with Gasteiger partial charge >= 0.3 is 0 Å². The van der Waals surface area contributed by atoms with Crippen molar-refractivity contribution in [2.75, 3.05) is 5.88 Å². The highest BCUT2D eigenvalue weighted by atomic mass is 35.5. The van der Waals surface area contributed by atoms with Crippen molar-refractivity contribution in [1.29, 1.82) is 0 Å². The molecule has 2 heteroatoms. The first-order valence-electron chi connectivity index (χ1n) is 3.88. The van der Waals surface area contributed by atoms with Gasteiger partial charge in [0.05, 0.1) is 5.69 Å². The second-order valence-corrected chi connectivity index (χ2v) is 3.15. The third-order valence-corrected chi connectivity index (χ3v) is 1.96. The number of rotatable bonds is 2. The first-order chi connectivity index (χ1) is 5.72. The maximum Gasteiger partial charge on any atom is 0.0629 e. The van der Waals surface area contributed by atoms with Crippen LogP contribution in [0.4, 0.5) is 0 Å². The van der Waals surface area contributed by atoms with Crippen molar-refractivity contribution in [2.45, 2.75) is 13.8 Å². The van der Waals surface area contributed by atoms with E-state index in [0.29, 0.717) is 5.88 Å². The van der Waals surface area contributed by atoms with Gasteiger partial charge in [-0.05, 0) is 31.6 Å². The van der Waals surface area contributed by atoms with Gasteiger partial charge in [-0.3, -0.25) is 4.98 Å². The van der Waals surface area contributed by atoms with Crippen molar-refractivity contribution in [1.82, 2.24) is 4.98 Å². The number of aryl methyl sites for hydroxylation is 1. The number of allylic oxidation sites excluding steroid dienone is 1. The molecule has 0 atom stereocenters. The van der Waals surface area contributed by atoms with Crippen LogP contribution in [0, 0.1) is 6.92 Å². The van der Waals surface area contributed by atoms with Gasteiger partial charge in [0.1, 0.15) is 0 Å². The van der Waals surface area contributed by atoms with Crippen LogP contribution in [0.1, 0.15) is 18.2 Å². The fourth-order valence-corrected chi connectivity index (χ4v) is 0.933. The normalized spacial score (nSPS) is 11.8. The molecule has 0 aliphatic rings.